The van der Waals surface area contributed by atoms with Crippen molar-refractivity contribution in [1.29, 1.82) is 5.26 Å². The summed E-state index contributed by atoms with van der Waals surface area (Å²) in [5.41, 5.74) is 2.61. The SMILES string of the molecule is Cc1ccc(N2CC(C(=O)Nc3ccc(SC#N)cc3)CC2=O)cc1. The highest BCUT2D eigenvalue weighted by molar-refractivity contribution is 8.03. The van der Waals surface area contributed by atoms with Gasteiger partial charge in [-0.15, -0.1) is 0 Å². The molecule has 126 valence electrons. The van der Waals surface area contributed by atoms with Gasteiger partial charge in [-0.25, -0.2) is 0 Å². The van der Waals surface area contributed by atoms with Crippen LogP contribution < -0.4 is 10.2 Å². The molecule has 6 heteroatoms. The van der Waals surface area contributed by atoms with E-state index in [1.165, 1.54) is 0 Å². The van der Waals surface area contributed by atoms with Crippen molar-refractivity contribution < 1.29 is 9.59 Å². The van der Waals surface area contributed by atoms with E-state index in [1.807, 2.05) is 36.6 Å². The van der Waals surface area contributed by atoms with Crippen LogP contribution in [0.4, 0.5) is 11.4 Å². The van der Waals surface area contributed by atoms with E-state index in [-0.39, 0.29) is 24.2 Å². The van der Waals surface area contributed by atoms with Crippen molar-refractivity contribution in [3.05, 3.63) is 54.1 Å². The molecule has 1 fully saturated rings. The summed E-state index contributed by atoms with van der Waals surface area (Å²) in [7, 11) is 0. The summed E-state index contributed by atoms with van der Waals surface area (Å²) >= 11 is 1.07. The van der Waals surface area contributed by atoms with Gasteiger partial charge in [0.1, 0.15) is 5.40 Å². The summed E-state index contributed by atoms with van der Waals surface area (Å²) in [4.78, 5) is 27.2. The lowest BCUT2D eigenvalue weighted by molar-refractivity contribution is -0.122. The van der Waals surface area contributed by atoms with Gasteiger partial charge >= 0.3 is 0 Å². The number of benzene rings is 2. The van der Waals surface area contributed by atoms with Crippen LogP contribution >= 0.6 is 11.8 Å². The summed E-state index contributed by atoms with van der Waals surface area (Å²) in [6.45, 7) is 2.38. The number of carbonyl (C=O) groups excluding carboxylic acids is 2. The minimum atomic E-state index is -0.373. The average Bonchev–Trinajstić information content (AvgIpc) is 3.00. The lowest BCUT2D eigenvalue weighted by Crippen LogP contribution is -2.28. The molecule has 5 nitrogen and oxygen atoms in total. The first kappa shape index (κ1) is 17.1. The van der Waals surface area contributed by atoms with Gasteiger partial charge in [0.05, 0.1) is 5.92 Å². The Morgan fingerprint density at radius 1 is 1.20 bits per heavy atom. The van der Waals surface area contributed by atoms with Crippen molar-refractivity contribution in [2.45, 2.75) is 18.2 Å². The van der Waals surface area contributed by atoms with E-state index < -0.39 is 0 Å². The van der Waals surface area contributed by atoms with Crippen LogP contribution in [-0.2, 0) is 9.59 Å². The van der Waals surface area contributed by atoms with Crippen LogP contribution in [0.1, 0.15) is 12.0 Å². The van der Waals surface area contributed by atoms with Crippen molar-refractivity contribution in [1.82, 2.24) is 0 Å². The highest BCUT2D eigenvalue weighted by Gasteiger charge is 2.35. The van der Waals surface area contributed by atoms with Crippen molar-refractivity contribution >= 4 is 35.0 Å². The Bertz CT molecular complexity index is 825. The molecule has 0 bridgehead atoms. The van der Waals surface area contributed by atoms with Gasteiger partial charge in [0, 0.05) is 29.2 Å². The van der Waals surface area contributed by atoms with Crippen molar-refractivity contribution in [3.63, 3.8) is 0 Å². The maximum Gasteiger partial charge on any atom is 0.229 e. The first-order valence-corrected chi connectivity index (χ1v) is 8.72. The van der Waals surface area contributed by atoms with Gasteiger partial charge in [-0.05, 0) is 55.1 Å². The molecule has 0 spiro atoms. The van der Waals surface area contributed by atoms with E-state index in [1.54, 1.807) is 29.2 Å². The second kappa shape index (κ2) is 7.41. The van der Waals surface area contributed by atoms with E-state index in [0.29, 0.717) is 12.2 Å². The largest absolute Gasteiger partial charge is 0.326 e. The van der Waals surface area contributed by atoms with Crippen molar-refractivity contribution in [2.75, 3.05) is 16.8 Å². The molecule has 1 saturated heterocycles. The molecule has 1 atom stereocenters. The van der Waals surface area contributed by atoms with Gasteiger partial charge < -0.3 is 10.2 Å². The van der Waals surface area contributed by atoms with E-state index in [0.717, 1.165) is 27.9 Å². The Morgan fingerprint density at radius 2 is 1.88 bits per heavy atom. The van der Waals surface area contributed by atoms with Gasteiger partial charge in [0.15, 0.2) is 0 Å². The van der Waals surface area contributed by atoms with Gasteiger partial charge in [-0.2, -0.15) is 5.26 Å². The molecule has 1 heterocycles. The zero-order valence-corrected chi connectivity index (χ0v) is 14.5. The predicted octanol–water partition coefficient (Wildman–Crippen LogP) is 3.56. The number of amides is 2. The monoisotopic (exact) mass is 351 g/mol. The molecule has 1 unspecified atom stereocenters. The summed E-state index contributed by atoms with van der Waals surface area (Å²) in [6, 6.07) is 14.8. The molecule has 1 N–H and O–H groups in total. The van der Waals surface area contributed by atoms with Crippen LogP contribution in [-0.4, -0.2) is 18.4 Å². The molecule has 1 aliphatic heterocycles. The van der Waals surface area contributed by atoms with Crippen molar-refractivity contribution in [3.8, 4) is 5.40 Å². The van der Waals surface area contributed by atoms with Crippen LogP contribution in [0.2, 0.25) is 0 Å². The topological polar surface area (TPSA) is 73.2 Å². The molecule has 2 aromatic rings. The number of rotatable bonds is 4. The lowest BCUT2D eigenvalue weighted by Gasteiger charge is -2.17. The maximum atomic E-state index is 12.5. The first-order chi connectivity index (χ1) is 12.1. The number of hydrogen-bond acceptors (Lipinski definition) is 4. The fraction of sp³-hybridized carbons (Fsp3) is 0.211. The zero-order valence-electron chi connectivity index (χ0n) is 13.7. The lowest BCUT2D eigenvalue weighted by atomic mass is 10.1. The van der Waals surface area contributed by atoms with E-state index in [2.05, 4.69) is 5.32 Å². The average molecular weight is 351 g/mol. The number of anilines is 2. The summed E-state index contributed by atoms with van der Waals surface area (Å²) in [5, 5.41) is 13.5. The molecule has 0 aliphatic carbocycles. The molecule has 1 aliphatic rings. The summed E-state index contributed by atoms with van der Waals surface area (Å²) in [5.74, 6) is -0.574. The molecule has 3 rings (SSSR count). The zero-order chi connectivity index (χ0) is 17.8. The highest BCUT2D eigenvalue weighted by atomic mass is 32.2. The summed E-state index contributed by atoms with van der Waals surface area (Å²) in [6.07, 6.45) is 0.210. The molecule has 2 amide bonds. The Balaban J connectivity index is 1.64. The van der Waals surface area contributed by atoms with E-state index in [4.69, 9.17) is 5.26 Å². The number of nitrogens with one attached hydrogen (secondary N) is 1. The Kier molecular flexibility index (Phi) is 5.05. The second-order valence-corrected chi connectivity index (χ2v) is 6.81. The third kappa shape index (κ3) is 4.01. The van der Waals surface area contributed by atoms with Gasteiger partial charge in [-0.3, -0.25) is 9.59 Å². The van der Waals surface area contributed by atoms with E-state index >= 15 is 0 Å². The predicted molar refractivity (Wildman–Crippen MR) is 98.2 cm³/mol. The standard InChI is InChI=1S/C19H17N3O2S/c1-13-2-6-16(7-3-13)22-11-14(10-18(22)23)19(24)21-15-4-8-17(9-5-15)25-12-20/h2-9,14H,10-11H2,1H3,(H,21,24). The molecular weight excluding hydrogens is 334 g/mol. The molecule has 25 heavy (non-hydrogen) atoms. The molecule has 0 aromatic heterocycles. The minimum absolute atomic E-state index is 0.0372. The first-order valence-electron chi connectivity index (χ1n) is 7.91. The van der Waals surface area contributed by atoms with E-state index in [9.17, 15) is 9.59 Å². The normalized spacial score (nSPS) is 16.6. The molecular formula is C19H17N3O2S. The van der Waals surface area contributed by atoms with Crippen LogP contribution in [0.15, 0.2) is 53.4 Å². The molecule has 0 radical (unpaired) electrons. The van der Waals surface area contributed by atoms with Gasteiger partial charge in [-0.1, -0.05) is 17.7 Å². The molecule has 2 aromatic carbocycles. The minimum Gasteiger partial charge on any atom is -0.326 e. The molecule has 0 saturated carbocycles. The fourth-order valence-electron chi connectivity index (χ4n) is 2.76. The van der Waals surface area contributed by atoms with Crippen molar-refractivity contribution in [2.24, 2.45) is 5.92 Å². The third-order valence-electron chi connectivity index (χ3n) is 4.13. The van der Waals surface area contributed by atoms with Crippen LogP contribution in [0, 0.1) is 23.5 Å². The smallest absolute Gasteiger partial charge is 0.229 e. The number of thiocyanates is 1. The highest BCUT2D eigenvalue weighted by Crippen LogP contribution is 2.26. The van der Waals surface area contributed by atoms with Crippen LogP contribution in [0.25, 0.3) is 0 Å². The summed E-state index contributed by atoms with van der Waals surface area (Å²) < 4.78 is 0. The number of nitrogens with zero attached hydrogens (tertiary/aromatic N) is 2. The number of hydrogen-bond donors (Lipinski definition) is 1. The number of thioether (sulfide) groups is 1. The fourth-order valence-corrected chi connectivity index (χ4v) is 3.14. The third-order valence-corrected chi connectivity index (χ3v) is 4.73. The second-order valence-electron chi connectivity index (χ2n) is 5.95. The number of carbonyl (C=O) groups is 2. The van der Waals surface area contributed by atoms with Gasteiger partial charge in [0.25, 0.3) is 0 Å². The Hall–Kier alpha value is -2.78. The number of nitriles is 1. The Labute approximate surface area is 150 Å². The Morgan fingerprint density at radius 3 is 2.52 bits per heavy atom. The van der Waals surface area contributed by atoms with Crippen LogP contribution in [0.5, 0.6) is 0 Å². The van der Waals surface area contributed by atoms with Crippen LogP contribution in [0.3, 0.4) is 0 Å². The quantitative estimate of drug-likeness (QED) is 0.675. The van der Waals surface area contributed by atoms with Gasteiger partial charge in [0.2, 0.25) is 11.8 Å². The number of aryl methyl sites for hydroxylation is 1. The maximum absolute atomic E-state index is 12.5.